The first-order valence-corrected chi connectivity index (χ1v) is 13.4. The number of para-hydroxylation sites is 2. The number of rotatable bonds is 10. The summed E-state index contributed by atoms with van der Waals surface area (Å²) in [5, 5.41) is 14.6. The number of hydrogen-bond acceptors (Lipinski definition) is 7. The molecule has 2 aliphatic rings. The van der Waals surface area contributed by atoms with Gasteiger partial charge in [-0.2, -0.15) is 0 Å². The molecular weight excluding hydrogens is 496 g/mol. The Morgan fingerprint density at radius 2 is 1.87 bits per heavy atom. The van der Waals surface area contributed by atoms with Crippen LogP contribution in [0.15, 0.2) is 72.8 Å². The molecule has 2 heterocycles. The third-order valence-corrected chi connectivity index (χ3v) is 7.63. The molecule has 1 saturated heterocycles. The number of nitrogens with zero attached hydrogens (tertiary/aromatic N) is 3. The molecule has 5 rings (SSSR count). The molecular formula is C30H34N4O5. The van der Waals surface area contributed by atoms with E-state index >= 15 is 0 Å². The summed E-state index contributed by atoms with van der Waals surface area (Å²) in [5.41, 5.74) is 2.93. The summed E-state index contributed by atoms with van der Waals surface area (Å²) in [4.78, 5) is 29.3. The highest BCUT2D eigenvalue weighted by Crippen LogP contribution is 2.38. The second kappa shape index (κ2) is 12.2. The number of hydrogen-bond donors (Lipinski definition) is 1. The van der Waals surface area contributed by atoms with Crippen LogP contribution in [-0.2, 0) is 17.6 Å². The summed E-state index contributed by atoms with van der Waals surface area (Å²) >= 11 is 0. The van der Waals surface area contributed by atoms with Gasteiger partial charge >= 0.3 is 0 Å². The van der Waals surface area contributed by atoms with Gasteiger partial charge in [0, 0.05) is 50.5 Å². The van der Waals surface area contributed by atoms with Crippen LogP contribution in [0.2, 0.25) is 0 Å². The molecule has 2 unspecified atom stereocenters. The van der Waals surface area contributed by atoms with Gasteiger partial charge in [0.1, 0.15) is 18.1 Å². The van der Waals surface area contributed by atoms with Crippen LogP contribution in [0.5, 0.6) is 11.5 Å². The number of carbonyl (C=O) groups is 1. The number of fused-ring (bicyclic) bond motifs is 3. The largest absolute Gasteiger partial charge is 0.496 e. The van der Waals surface area contributed by atoms with E-state index in [2.05, 4.69) is 15.1 Å². The molecule has 0 saturated carbocycles. The third kappa shape index (κ3) is 6.15. The highest BCUT2D eigenvalue weighted by atomic mass is 16.6. The second-order valence-corrected chi connectivity index (χ2v) is 9.96. The van der Waals surface area contributed by atoms with Crippen LogP contribution >= 0.6 is 0 Å². The smallest absolute Gasteiger partial charge is 0.269 e. The molecule has 1 amide bonds. The molecule has 0 spiro atoms. The number of anilines is 1. The molecule has 0 aliphatic carbocycles. The number of ether oxygens (including phenoxy) is 2. The van der Waals surface area contributed by atoms with Crippen molar-refractivity contribution in [1.82, 2.24) is 10.2 Å². The molecule has 9 heteroatoms. The Hall–Kier alpha value is -4.11. The van der Waals surface area contributed by atoms with Gasteiger partial charge < -0.3 is 19.7 Å². The minimum atomic E-state index is -0.376. The maximum atomic E-state index is 13.6. The predicted molar refractivity (Wildman–Crippen MR) is 150 cm³/mol. The average Bonchev–Trinajstić information content (AvgIpc) is 2.97. The lowest BCUT2D eigenvalue weighted by Gasteiger charge is -2.49. The van der Waals surface area contributed by atoms with Crippen molar-refractivity contribution in [3.63, 3.8) is 0 Å². The molecule has 1 fully saturated rings. The van der Waals surface area contributed by atoms with E-state index in [9.17, 15) is 14.9 Å². The number of nitro groups is 1. The predicted octanol–water partition coefficient (Wildman–Crippen LogP) is 3.70. The number of piperazine rings is 1. The van der Waals surface area contributed by atoms with Crippen molar-refractivity contribution in [2.75, 3.05) is 51.3 Å². The van der Waals surface area contributed by atoms with Crippen LogP contribution in [0.3, 0.4) is 0 Å². The maximum Gasteiger partial charge on any atom is 0.269 e. The standard InChI is InChI=1S/C30H34N4O5/c1-38-29-10-6-5-7-22(29)13-14-31-30(35)26-20-23-19-24(34(36)37)11-12-27(23)33-16-15-32(21-28(26)33)17-18-39-25-8-3-2-4-9-25/h2-12,19,26,28H,13-18,20-21H2,1H3,(H,31,35). The summed E-state index contributed by atoms with van der Waals surface area (Å²) in [7, 11) is 1.64. The van der Waals surface area contributed by atoms with Crippen LogP contribution in [-0.4, -0.2) is 68.2 Å². The van der Waals surface area contributed by atoms with E-state index < -0.39 is 0 Å². The quantitative estimate of drug-likeness (QED) is 0.315. The highest BCUT2D eigenvalue weighted by Gasteiger charge is 2.41. The van der Waals surface area contributed by atoms with Crippen LogP contribution < -0.4 is 19.7 Å². The van der Waals surface area contributed by atoms with E-state index in [1.807, 2.05) is 60.7 Å². The van der Waals surface area contributed by atoms with Crippen LogP contribution in [0.1, 0.15) is 11.1 Å². The first-order valence-electron chi connectivity index (χ1n) is 13.4. The maximum absolute atomic E-state index is 13.6. The van der Waals surface area contributed by atoms with E-state index in [4.69, 9.17) is 9.47 Å². The van der Waals surface area contributed by atoms with E-state index in [0.717, 1.165) is 54.5 Å². The van der Waals surface area contributed by atoms with Gasteiger partial charge in [0.2, 0.25) is 5.91 Å². The normalized spacial score (nSPS) is 18.5. The Morgan fingerprint density at radius 3 is 2.67 bits per heavy atom. The topological polar surface area (TPSA) is 97.2 Å². The molecule has 3 aromatic carbocycles. The molecule has 2 atom stereocenters. The summed E-state index contributed by atoms with van der Waals surface area (Å²) in [6.07, 6.45) is 1.12. The van der Waals surface area contributed by atoms with Crippen molar-refractivity contribution in [3.05, 3.63) is 94.0 Å². The average molecular weight is 531 g/mol. The van der Waals surface area contributed by atoms with Gasteiger partial charge in [-0.05, 0) is 48.2 Å². The minimum Gasteiger partial charge on any atom is -0.496 e. The number of carbonyl (C=O) groups excluding carboxylic acids is 1. The van der Waals surface area contributed by atoms with Gasteiger partial charge in [-0.15, -0.1) is 0 Å². The summed E-state index contributed by atoms with van der Waals surface area (Å²) in [6, 6.07) is 22.5. The van der Waals surface area contributed by atoms with Crippen molar-refractivity contribution in [2.45, 2.75) is 18.9 Å². The number of non-ortho nitro benzene ring substituents is 1. The second-order valence-electron chi connectivity index (χ2n) is 9.96. The zero-order chi connectivity index (χ0) is 27.2. The first-order chi connectivity index (χ1) is 19.0. The fraction of sp³-hybridized carbons (Fsp3) is 0.367. The SMILES string of the molecule is COc1ccccc1CCNC(=O)C1Cc2cc([N+](=O)[O-])ccc2N2CCN(CCOc3ccccc3)CC12. The molecule has 1 N–H and O–H groups in total. The van der Waals surface area contributed by atoms with Crippen LogP contribution in [0.4, 0.5) is 11.4 Å². The van der Waals surface area contributed by atoms with E-state index in [0.29, 0.717) is 26.0 Å². The molecule has 3 aromatic rings. The molecule has 0 radical (unpaired) electrons. The molecule has 204 valence electrons. The van der Waals surface area contributed by atoms with Gasteiger partial charge in [-0.25, -0.2) is 0 Å². The Kier molecular flexibility index (Phi) is 8.27. The lowest BCUT2D eigenvalue weighted by atomic mass is 9.83. The summed E-state index contributed by atoms with van der Waals surface area (Å²) in [5.74, 6) is 1.29. The van der Waals surface area contributed by atoms with Crippen molar-refractivity contribution >= 4 is 17.3 Å². The molecule has 0 bridgehead atoms. The van der Waals surface area contributed by atoms with E-state index in [1.165, 1.54) is 0 Å². The molecule has 9 nitrogen and oxygen atoms in total. The lowest BCUT2D eigenvalue weighted by molar-refractivity contribution is -0.384. The molecule has 2 aliphatic heterocycles. The molecule has 0 aromatic heterocycles. The fourth-order valence-corrected chi connectivity index (χ4v) is 5.66. The number of nitrogens with one attached hydrogen (secondary N) is 1. The van der Waals surface area contributed by atoms with Gasteiger partial charge in [0.25, 0.3) is 5.69 Å². The van der Waals surface area contributed by atoms with E-state index in [1.54, 1.807) is 19.2 Å². The Labute approximate surface area is 228 Å². The Morgan fingerprint density at radius 1 is 1.08 bits per heavy atom. The van der Waals surface area contributed by atoms with Crippen molar-refractivity contribution in [2.24, 2.45) is 5.92 Å². The number of methoxy groups -OCH3 is 1. The van der Waals surface area contributed by atoms with Crippen molar-refractivity contribution < 1.29 is 19.2 Å². The zero-order valence-electron chi connectivity index (χ0n) is 22.1. The minimum absolute atomic E-state index is 0.0283. The van der Waals surface area contributed by atoms with Gasteiger partial charge in [-0.3, -0.25) is 19.8 Å². The van der Waals surface area contributed by atoms with Crippen LogP contribution in [0.25, 0.3) is 0 Å². The number of amides is 1. The monoisotopic (exact) mass is 530 g/mol. The van der Waals surface area contributed by atoms with Crippen molar-refractivity contribution in [3.8, 4) is 11.5 Å². The first kappa shape index (κ1) is 26.5. The van der Waals surface area contributed by atoms with Crippen molar-refractivity contribution in [1.29, 1.82) is 0 Å². The Balaban J connectivity index is 1.29. The Bertz CT molecular complexity index is 1300. The van der Waals surface area contributed by atoms with E-state index in [-0.39, 0.29) is 28.5 Å². The molecule has 39 heavy (non-hydrogen) atoms. The third-order valence-electron chi connectivity index (χ3n) is 7.63. The van der Waals surface area contributed by atoms with Gasteiger partial charge in [0.15, 0.2) is 0 Å². The highest BCUT2D eigenvalue weighted by molar-refractivity contribution is 5.82. The van der Waals surface area contributed by atoms with Crippen LogP contribution in [0, 0.1) is 16.0 Å². The number of nitro benzene ring substituents is 1. The van der Waals surface area contributed by atoms with Gasteiger partial charge in [0.05, 0.1) is 24.0 Å². The van der Waals surface area contributed by atoms with Gasteiger partial charge in [-0.1, -0.05) is 36.4 Å². The fourth-order valence-electron chi connectivity index (χ4n) is 5.66. The zero-order valence-corrected chi connectivity index (χ0v) is 22.1. The lowest BCUT2D eigenvalue weighted by Crippen LogP contribution is -2.61. The number of benzene rings is 3. The summed E-state index contributed by atoms with van der Waals surface area (Å²) < 4.78 is 11.4. The summed E-state index contributed by atoms with van der Waals surface area (Å²) in [6.45, 7) is 4.10.